The van der Waals surface area contributed by atoms with E-state index in [9.17, 15) is 8.42 Å². The van der Waals surface area contributed by atoms with Crippen molar-refractivity contribution in [3.63, 3.8) is 0 Å². The van der Waals surface area contributed by atoms with E-state index in [0.29, 0.717) is 18.7 Å². The van der Waals surface area contributed by atoms with Crippen molar-refractivity contribution < 1.29 is 8.42 Å². The number of aromatic nitrogens is 4. The molecule has 0 saturated carbocycles. The number of sulfone groups is 1. The van der Waals surface area contributed by atoms with Crippen LogP contribution in [-0.4, -0.2) is 57.8 Å². The zero-order valence-corrected chi connectivity index (χ0v) is 13.8. The highest BCUT2D eigenvalue weighted by atomic mass is 32.2. The summed E-state index contributed by atoms with van der Waals surface area (Å²) in [7, 11) is -2.83. The van der Waals surface area contributed by atoms with Gasteiger partial charge in [0.05, 0.1) is 23.5 Å². The van der Waals surface area contributed by atoms with Gasteiger partial charge < -0.3 is 4.98 Å². The second-order valence-corrected chi connectivity index (χ2v) is 8.25. The fourth-order valence-electron chi connectivity index (χ4n) is 2.92. The Hall–Kier alpha value is -2.32. The molecule has 8 heteroatoms. The predicted octanol–water partition coefficient (Wildman–Crippen LogP) is 1.25. The number of hydrogen-bond donors (Lipinski definition) is 1. The summed E-state index contributed by atoms with van der Waals surface area (Å²) in [5, 5.41) is 0. The van der Waals surface area contributed by atoms with Crippen molar-refractivity contribution in [3.8, 4) is 11.3 Å². The summed E-state index contributed by atoms with van der Waals surface area (Å²) >= 11 is 0. The lowest BCUT2D eigenvalue weighted by atomic mass is 10.1. The average Bonchev–Trinajstić information content (AvgIpc) is 3.06. The van der Waals surface area contributed by atoms with Crippen LogP contribution in [0.4, 0.5) is 0 Å². The number of aromatic amines is 1. The van der Waals surface area contributed by atoms with Gasteiger partial charge >= 0.3 is 0 Å². The smallest absolute Gasteiger partial charge is 0.181 e. The molecule has 1 saturated heterocycles. The fourth-order valence-corrected chi connectivity index (χ4v) is 4.20. The van der Waals surface area contributed by atoms with E-state index in [1.165, 1.54) is 6.33 Å². The van der Waals surface area contributed by atoms with Crippen LogP contribution in [0.25, 0.3) is 22.4 Å². The predicted molar refractivity (Wildman–Crippen MR) is 91.1 cm³/mol. The number of rotatable bonds is 3. The summed E-state index contributed by atoms with van der Waals surface area (Å²) in [6, 6.07) is 8.17. The zero-order valence-electron chi connectivity index (χ0n) is 13.0. The molecule has 1 N–H and O–H groups in total. The number of fused-ring (bicyclic) bond motifs is 1. The molecule has 0 bridgehead atoms. The van der Waals surface area contributed by atoms with Gasteiger partial charge in [-0.15, -0.1) is 0 Å². The van der Waals surface area contributed by atoms with Crippen molar-refractivity contribution in [2.75, 3.05) is 24.6 Å². The molecule has 3 aromatic rings. The van der Waals surface area contributed by atoms with Crippen LogP contribution in [0.2, 0.25) is 0 Å². The van der Waals surface area contributed by atoms with E-state index in [0.717, 1.165) is 28.9 Å². The Bertz CT molecular complexity index is 952. The summed E-state index contributed by atoms with van der Waals surface area (Å²) in [4.78, 5) is 17.9. The van der Waals surface area contributed by atoms with E-state index < -0.39 is 9.84 Å². The number of H-pyrrole nitrogens is 1. The summed E-state index contributed by atoms with van der Waals surface area (Å²) in [5.74, 6) is 0.508. The fraction of sp³-hybridized carbons (Fsp3) is 0.312. The third kappa shape index (κ3) is 3.02. The molecule has 3 heterocycles. The minimum Gasteiger partial charge on any atom is -0.341 e. The Morgan fingerprint density at radius 2 is 1.79 bits per heavy atom. The van der Waals surface area contributed by atoms with Crippen molar-refractivity contribution in [1.82, 2.24) is 24.8 Å². The van der Waals surface area contributed by atoms with Gasteiger partial charge in [-0.05, 0) is 5.56 Å². The number of imidazole rings is 1. The van der Waals surface area contributed by atoms with E-state index >= 15 is 0 Å². The Kier molecular flexibility index (Phi) is 3.78. The summed E-state index contributed by atoms with van der Waals surface area (Å²) in [6.07, 6.45) is 3.13. The Morgan fingerprint density at radius 3 is 2.54 bits per heavy atom. The van der Waals surface area contributed by atoms with Crippen molar-refractivity contribution in [2.45, 2.75) is 6.54 Å². The third-order valence-electron chi connectivity index (χ3n) is 4.29. The highest BCUT2D eigenvalue weighted by Gasteiger charge is 2.21. The van der Waals surface area contributed by atoms with Gasteiger partial charge in [0.1, 0.15) is 11.8 Å². The molecule has 1 aliphatic rings. The van der Waals surface area contributed by atoms with Crippen LogP contribution in [0.15, 0.2) is 36.9 Å². The lowest BCUT2D eigenvalue weighted by molar-refractivity contribution is 0.287. The molecule has 0 unspecified atom stereocenters. The Balaban J connectivity index is 1.52. The molecule has 124 valence electrons. The van der Waals surface area contributed by atoms with Gasteiger partial charge in [0.25, 0.3) is 0 Å². The minimum absolute atomic E-state index is 0.254. The van der Waals surface area contributed by atoms with Crippen molar-refractivity contribution >= 4 is 21.0 Å². The number of benzene rings is 1. The van der Waals surface area contributed by atoms with Gasteiger partial charge in [0.15, 0.2) is 15.5 Å². The lowest BCUT2D eigenvalue weighted by Crippen LogP contribution is -2.39. The van der Waals surface area contributed by atoms with E-state index in [1.54, 1.807) is 6.33 Å². The third-order valence-corrected chi connectivity index (χ3v) is 5.90. The van der Waals surface area contributed by atoms with Gasteiger partial charge in [-0.2, -0.15) is 0 Å². The molecule has 1 fully saturated rings. The molecule has 0 amide bonds. The second kappa shape index (κ2) is 5.95. The highest BCUT2D eigenvalue weighted by Crippen LogP contribution is 2.23. The first-order valence-corrected chi connectivity index (χ1v) is 9.59. The van der Waals surface area contributed by atoms with Gasteiger partial charge in [-0.1, -0.05) is 24.3 Å². The van der Waals surface area contributed by atoms with Gasteiger partial charge in [0.2, 0.25) is 0 Å². The molecule has 2 aromatic heterocycles. The standard InChI is InChI=1S/C16H17N5O2S/c22-24(23)7-5-21(6-8-24)9-12-1-3-13(4-2-12)14-15-16(19-10-17-14)20-11-18-15/h1-4,10-11H,5-9H2,(H,17,18,19,20). The molecule has 4 rings (SSSR count). The van der Waals surface area contributed by atoms with Gasteiger partial charge in [0, 0.05) is 25.2 Å². The van der Waals surface area contributed by atoms with Crippen LogP contribution in [0.1, 0.15) is 5.56 Å². The van der Waals surface area contributed by atoms with Crippen molar-refractivity contribution in [2.24, 2.45) is 0 Å². The van der Waals surface area contributed by atoms with E-state index in [4.69, 9.17) is 0 Å². The summed E-state index contributed by atoms with van der Waals surface area (Å²) < 4.78 is 23.0. The molecule has 7 nitrogen and oxygen atoms in total. The molecular formula is C16H17N5O2S. The topological polar surface area (TPSA) is 91.8 Å². The van der Waals surface area contributed by atoms with Crippen LogP contribution in [0.3, 0.4) is 0 Å². The first-order chi connectivity index (χ1) is 11.6. The quantitative estimate of drug-likeness (QED) is 0.769. The van der Waals surface area contributed by atoms with Crippen molar-refractivity contribution in [1.29, 1.82) is 0 Å². The highest BCUT2D eigenvalue weighted by molar-refractivity contribution is 7.91. The van der Waals surface area contributed by atoms with Gasteiger partial charge in [-0.3, -0.25) is 4.90 Å². The molecule has 1 aromatic carbocycles. The minimum atomic E-state index is -2.83. The molecule has 0 aliphatic carbocycles. The van der Waals surface area contributed by atoms with Crippen LogP contribution in [-0.2, 0) is 16.4 Å². The number of hydrogen-bond acceptors (Lipinski definition) is 6. The molecular weight excluding hydrogens is 326 g/mol. The maximum atomic E-state index is 11.5. The van der Waals surface area contributed by atoms with Gasteiger partial charge in [-0.25, -0.2) is 23.4 Å². The maximum absolute atomic E-state index is 11.5. The average molecular weight is 343 g/mol. The maximum Gasteiger partial charge on any atom is 0.181 e. The largest absolute Gasteiger partial charge is 0.341 e. The lowest BCUT2D eigenvalue weighted by Gasteiger charge is -2.26. The molecule has 0 radical (unpaired) electrons. The van der Waals surface area contributed by atoms with Crippen molar-refractivity contribution in [3.05, 3.63) is 42.5 Å². The SMILES string of the molecule is O=S1(=O)CCN(Cc2ccc(-c3ncnc4nc[nH]c34)cc2)CC1. The Morgan fingerprint density at radius 1 is 1.04 bits per heavy atom. The molecule has 24 heavy (non-hydrogen) atoms. The molecule has 0 atom stereocenters. The second-order valence-electron chi connectivity index (χ2n) is 5.95. The van der Waals surface area contributed by atoms with Crippen LogP contribution in [0.5, 0.6) is 0 Å². The van der Waals surface area contributed by atoms with E-state index in [-0.39, 0.29) is 11.5 Å². The first-order valence-electron chi connectivity index (χ1n) is 7.77. The van der Waals surface area contributed by atoms with E-state index in [1.807, 2.05) is 12.1 Å². The normalized spacial score (nSPS) is 18.0. The van der Waals surface area contributed by atoms with Crippen LogP contribution >= 0.6 is 0 Å². The first kappa shape index (κ1) is 15.2. The number of nitrogens with zero attached hydrogens (tertiary/aromatic N) is 4. The number of nitrogens with one attached hydrogen (secondary N) is 1. The summed E-state index contributed by atoms with van der Waals surface area (Å²) in [6.45, 7) is 1.97. The van der Waals surface area contributed by atoms with Crippen LogP contribution in [0, 0.1) is 0 Å². The summed E-state index contributed by atoms with van der Waals surface area (Å²) in [5.41, 5.74) is 4.46. The zero-order chi connectivity index (χ0) is 16.6. The molecule has 0 spiro atoms. The molecule has 1 aliphatic heterocycles. The van der Waals surface area contributed by atoms with E-state index in [2.05, 4.69) is 37.0 Å². The Labute approximate surface area is 139 Å². The monoisotopic (exact) mass is 343 g/mol. The van der Waals surface area contributed by atoms with Crippen LogP contribution < -0.4 is 0 Å².